The van der Waals surface area contributed by atoms with E-state index in [1.165, 1.54) is 44.9 Å². The van der Waals surface area contributed by atoms with Crippen molar-refractivity contribution in [3.05, 3.63) is 11.1 Å². The van der Waals surface area contributed by atoms with Crippen molar-refractivity contribution in [2.45, 2.75) is 103 Å². The van der Waals surface area contributed by atoms with E-state index in [0.717, 1.165) is 12.2 Å². The summed E-state index contributed by atoms with van der Waals surface area (Å²) in [7, 11) is 0. The molecule has 0 saturated heterocycles. The fourth-order valence-electron chi connectivity index (χ4n) is 2.70. The van der Waals surface area contributed by atoms with Crippen molar-refractivity contribution in [2.24, 2.45) is 0 Å². The third-order valence-electron chi connectivity index (χ3n) is 4.11. The van der Waals surface area contributed by atoms with Gasteiger partial charge >= 0.3 is 6.09 Å². The van der Waals surface area contributed by atoms with Gasteiger partial charge in [-0.05, 0) is 45.2 Å². The first-order valence-electron chi connectivity index (χ1n) is 10.8. The number of thioether (sulfide) groups is 1. The van der Waals surface area contributed by atoms with Crippen LogP contribution in [-0.2, 0) is 11.2 Å². The van der Waals surface area contributed by atoms with E-state index >= 15 is 0 Å². The van der Waals surface area contributed by atoms with Crippen LogP contribution < -0.4 is 5.32 Å². The van der Waals surface area contributed by atoms with Crippen LogP contribution in [0.2, 0.25) is 5.28 Å². The number of nitrogens with zero attached hydrogens (tertiary/aromatic N) is 3. The maximum Gasteiger partial charge on any atom is 0.407 e. The number of nitrogens with one attached hydrogen (secondary N) is 1. The lowest BCUT2D eigenvalue weighted by Gasteiger charge is -2.19. The van der Waals surface area contributed by atoms with Crippen LogP contribution >= 0.6 is 23.4 Å². The van der Waals surface area contributed by atoms with Crippen molar-refractivity contribution in [3.63, 3.8) is 0 Å². The first kappa shape index (κ1) is 26.0. The second-order valence-electron chi connectivity index (χ2n) is 8.16. The molecular formula is C21H37ClN4O2S. The number of alkyl carbamates (subject to hydrolysis) is 1. The van der Waals surface area contributed by atoms with E-state index in [2.05, 4.69) is 27.2 Å². The normalized spacial score (nSPS) is 11.5. The van der Waals surface area contributed by atoms with E-state index in [0.29, 0.717) is 30.4 Å². The predicted octanol–water partition coefficient (Wildman–Crippen LogP) is 6.22. The summed E-state index contributed by atoms with van der Waals surface area (Å²) in [5, 5.41) is 3.65. The van der Waals surface area contributed by atoms with Gasteiger partial charge in [0.15, 0.2) is 5.16 Å². The van der Waals surface area contributed by atoms with Crippen LogP contribution in [-0.4, -0.2) is 38.9 Å². The summed E-state index contributed by atoms with van der Waals surface area (Å²) in [6.45, 7) is 8.26. The molecule has 0 atom stereocenters. The Bertz CT molecular complexity index is 597. The number of rotatable bonds is 14. The third-order valence-corrected chi connectivity index (χ3v) is 5.21. The van der Waals surface area contributed by atoms with Gasteiger partial charge in [-0.3, -0.25) is 0 Å². The Morgan fingerprint density at radius 3 is 2.31 bits per heavy atom. The number of amides is 1. The quantitative estimate of drug-likeness (QED) is 0.271. The Kier molecular flexibility index (Phi) is 13.3. The lowest BCUT2D eigenvalue weighted by Crippen LogP contribution is -2.33. The molecule has 1 amide bonds. The summed E-state index contributed by atoms with van der Waals surface area (Å²) in [6.07, 6.45) is 11.4. The number of unbranched alkanes of at least 4 members (excludes halogenated alkanes) is 7. The van der Waals surface area contributed by atoms with Crippen LogP contribution in [0.3, 0.4) is 0 Å². The zero-order valence-electron chi connectivity index (χ0n) is 18.4. The number of aromatic nitrogens is 3. The Morgan fingerprint density at radius 1 is 1.00 bits per heavy atom. The van der Waals surface area contributed by atoms with Crippen LogP contribution in [0.15, 0.2) is 5.16 Å². The lowest BCUT2D eigenvalue weighted by molar-refractivity contribution is 0.0527. The number of aryl methyl sites for hydroxylation is 1. The van der Waals surface area contributed by atoms with Crippen molar-refractivity contribution in [2.75, 3.05) is 12.3 Å². The standard InChI is InChI=1S/C21H37ClN4O2S/c1-5-6-7-8-9-10-11-12-16-29-19-25-17(24-18(22)26-19)14-13-15-23-20(27)28-21(2,3)4/h5-16H2,1-4H3,(H,23,27). The molecule has 0 fully saturated rings. The van der Waals surface area contributed by atoms with Crippen LogP contribution in [0.1, 0.15) is 91.3 Å². The first-order chi connectivity index (χ1) is 13.8. The molecule has 1 aromatic rings. The van der Waals surface area contributed by atoms with Gasteiger partial charge < -0.3 is 10.1 Å². The second-order valence-corrected chi connectivity index (χ2v) is 9.56. The van der Waals surface area contributed by atoms with Crippen LogP contribution in [0, 0.1) is 0 Å². The molecule has 1 aromatic heterocycles. The van der Waals surface area contributed by atoms with Gasteiger partial charge in [0.2, 0.25) is 5.28 Å². The van der Waals surface area contributed by atoms with E-state index in [1.807, 2.05) is 20.8 Å². The average molecular weight is 445 g/mol. The van der Waals surface area contributed by atoms with E-state index in [9.17, 15) is 4.79 Å². The molecule has 0 aliphatic heterocycles. The molecule has 0 aromatic carbocycles. The molecule has 0 spiro atoms. The predicted molar refractivity (Wildman–Crippen MR) is 121 cm³/mol. The van der Waals surface area contributed by atoms with Gasteiger partial charge in [-0.25, -0.2) is 14.8 Å². The summed E-state index contributed by atoms with van der Waals surface area (Å²) in [5.41, 5.74) is -0.493. The number of carbonyl (C=O) groups excluding carboxylic acids is 1. The summed E-state index contributed by atoms with van der Waals surface area (Å²) in [4.78, 5) is 24.5. The molecule has 166 valence electrons. The fourth-order valence-corrected chi connectivity index (χ4v) is 3.78. The zero-order valence-corrected chi connectivity index (χ0v) is 20.0. The van der Waals surface area contributed by atoms with E-state index in [1.54, 1.807) is 11.8 Å². The van der Waals surface area contributed by atoms with Crippen molar-refractivity contribution < 1.29 is 9.53 Å². The number of hydrogen-bond acceptors (Lipinski definition) is 6. The molecule has 8 heteroatoms. The largest absolute Gasteiger partial charge is 0.444 e. The highest BCUT2D eigenvalue weighted by Crippen LogP contribution is 2.18. The van der Waals surface area contributed by atoms with E-state index < -0.39 is 11.7 Å². The van der Waals surface area contributed by atoms with Crippen molar-refractivity contribution >= 4 is 29.5 Å². The molecule has 1 N–H and O–H groups in total. The first-order valence-corrected chi connectivity index (χ1v) is 12.2. The van der Waals surface area contributed by atoms with Gasteiger partial charge in [-0.2, -0.15) is 4.98 Å². The SMILES string of the molecule is CCCCCCCCCCSc1nc(Cl)nc(CCCNC(=O)OC(C)(C)C)n1. The average Bonchev–Trinajstić information content (AvgIpc) is 2.62. The molecule has 0 saturated carbocycles. The number of ether oxygens (including phenoxy) is 1. The highest BCUT2D eigenvalue weighted by Gasteiger charge is 2.15. The van der Waals surface area contributed by atoms with Gasteiger partial charge in [0, 0.05) is 18.7 Å². The fraction of sp³-hybridized carbons (Fsp3) is 0.810. The minimum atomic E-state index is -0.493. The topological polar surface area (TPSA) is 77.0 Å². The molecule has 0 unspecified atom stereocenters. The number of carbonyl (C=O) groups is 1. The van der Waals surface area contributed by atoms with Crippen LogP contribution in [0.4, 0.5) is 4.79 Å². The van der Waals surface area contributed by atoms with Crippen LogP contribution in [0.25, 0.3) is 0 Å². The maximum atomic E-state index is 11.6. The minimum Gasteiger partial charge on any atom is -0.444 e. The van der Waals surface area contributed by atoms with Crippen molar-refractivity contribution in [3.8, 4) is 0 Å². The monoisotopic (exact) mass is 444 g/mol. The zero-order chi connectivity index (χ0) is 21.5. The van der Waals surface area contributed by atoms with Gasteiger partial charge in [0.25, 0.3) is 0 Å². The lowest BCUT2D eigenvalue weighted by atomic mass is 10.1. The summed E-state index contributed by atoms with van der Waals surface area (Å²) < 4.78 is 5.21. The minimum absolute atomic E-state index is 0.230. The molecule has 6 nitrogen and oxygen atoms in total. The van der Waals surface area contributed by atoms with E-state index in [-0.39, 0.29) is 5.28 Å². The molecule has 0 bridgehead atoms. The molecule has 0 aliphatic carbocycles. The van der Waals surface area contributed by atoms with Crippen molar-refractivity contribution in [1.29, 1.82) is 0 Å². The summed E-state index contributed by atoms with van der Waals surface area (Å²) in [5.74, 6) is 1.66. The van der Waals surface area contributed by atoms with Gasteiger partial charge in [-0.1, -0.05) is 63.6 Å². The summed E-state index contributed by atoms with van der Waals surface area (Å²) >= 11 is 7.68. The maximum absolute atomic E-state index is 11.6. The Labute approximate surface area is 185 Å². The number of hydrogen-bond donors (Lipinski definition) is 1. The van der Waals surface area contributed by atoms with Gasteiger partial charge in [0.1, 0.15) is 11.4 Å². The smallest absolute Gasteiger partial charge is 0.407 e. The molecule has 0 aliphatic rings. The summed E-state index contributed by atoms with van der Waals surface area (Å²) in [6, 6.07) is 0. The van der Waals surface area contributed by atoms with Gasteiger partial charge in [0.05, 0.1) is 0 Å². The number of halogens is 1. The Hall–Kier alpha value is -1.08. The highest BCUT2D eigenvalue weighted by atomic mass is 35.5. The Balaban J connectivity index is 2.22. The second kappa shape index (κ2) is 14.8. The Morgan fingerprint density at radius 2 is 1.66 bits per heavy atom. The third kappa shape index (κ3) is 14.5. The molecule has 1 rings (SSSR count). The molecule has 29 heavy (non-hydrogen) atoms. The molecule has 1 heterocycles. The molecule has 0 radical (unpaired) electrons. The van der Waals surface area contributed by atoms with Crippen molar-refractivity contribution in [1.82, 2.24) is 20.3 Å². The van der Waals surface area contributed by atoms with E-state index in [4.69, 9.17) is 16.3 Å². The molecular weight excluding hydrogens is 408 g/mol. The van der Waals surface area contributed by atoms with Crippen LogP contribution in [0.5, 0.6) is 0 Å². The van der Waals surface area contributed by atoms with Gasteiger partial charge in [-0.15, -0.1) is 0 Å². The highest BCUT2D eigenvalue weighted by molar-refractivity contribution is 7.99.